The molecule has 0 fully saturated rings. The highest BCUT2D eigenvalue weighted by atomic mass is 35.5. The number of halogens is 2. The highest BCUT2D eigenvalue weighted by molar-refractivity contribution is 6.42. The normalized spacial score (nSPS) is 10.6. The third-order valence-electron chi connectivity index (χ3n) is 2.06. The molecule has 4 heteroatoms. The highest BCUT2D eigenvalue weighted by Gasteiger charge is 2.09. The van der Waals surface area contributed by atoms with E-state index in [1.54, 1.807) is 6.07 Å². The monoisotopic (exact) mass is 234 g/mol. The number of aliphatic hydroxyl groups excluding tert-OH is 2. The molecule has 0 bridgehead atoms. The van der Waals surface area contributed by atoms with E-state index < -0.39 is 0 Å². The van der Waals surface area contributed by atoms with Crippen LogP contribution in [0.25, 0.3) is 0 Å². The first-order valence-corrected chi connectivity index (χ1v) is 5.13. The molecule has 0 aliphatic carbocycles. The molecule has 2 N–H and O–H groups in total. The van der Waals surface area contributed by atoms with Gasteiger partial charge in [0, 0.05) is 12.2 Å². The Hall–Kier alpha value is -0.280. The van der Waals surface area contributed by atoms with Crippen molar-refractivity contribution < 1.29 is 10.2 Å². The first-order valence-electron chi connectivity index (χ1n) is 4.38. The Balaban J connectivity index is 2.98. The summed E-state index contributed by atoms with van der Waals surface area (Å²) in [4.78, 5) is 0. The smallest absolute Gasteiger partial charge is 0.0699 e. The number of aliphatic hydroxyl groups is 2. The van der Waals surface area contributed by atoms with E-state index in [-0.39, 0.29) is 13.2 Å². The number of aryl methyl sites for hydroxylation is 1. The van der Waals surface area contributed by atoms with E-state index in [0.29, 0.717) is 28.5 Å². The van der Waals surface area contributed by atoms with Gasteiger partial charge in [0.1, 0.15) is 0 Å². The van der Waals surface area contributed by atoms with Crippen LogP contribution in [0.5, 0.6) is 0 Å². The molecule has 0 aromatic heterocycles. The molecule has 1 rings (SSSR count). The van der Waals surface area contributed by atoms with Crippen LogP contribution in [0, 0.1) is 0 Å². The maximum atomic E-state index is 9.12. The minimum Gasteiger partial charge on any atom is -0.396 e. The average molecular weight is 235 g/mol. The van der Waals surface area contributed by atoms with Crippen molar-refractivity contribution in [3.63, 3.8) is 0 Å². The first kappa shape index (κ1) is 11.8. The van der Waals surface area contributed by atoms with Crippen LogP contribution < -0.4 is 0 Å². The lowest BCUT2D eigenvalue weighted by atomic mass is 10.0. The zero-order valence-electron chi connectivity index (χ0n) is 7.63. The fourth-order valence-electron chi connectivity index (χ4n) is 1.31. The van der Waals surface area contributed by atoms with Gasteiger partial charge in [-0.1, -0.05) is 29.3 Å². The van der Waals surface area contributed by atoms with E-state index >= 15 is 0 Å². The Morgan fingerprint density at radius 2 is 1.86 bits per heavy atom. The van der Waals surface area contributed by atoms with Crippen LogP contribution in [-0.2, 0) is 13.0 Å². The molecule has 0 saturated carbocycles. The Morgan fingerprint density at radius 1 is 1.14 bits per heavy atom. The minimum absolute atomic E-state index is 0.125. The molecule has 2 nitrogen and oxygen atoms in total. The quantitative estimate of drug-likeness (QED) is 0.841. The van der Waals surface area contributed by atoms with Gasteiger partial charge in [-0.2, -0.15) is 0 Å². The van der Waals surface area contributed by atoms with E-state index in [1.165, 1.54) is 0 Å². The Labute approximate surface area is 93.1 Å². The molecule has 0 aliphatic heterocycles. The molecular weight excluding hydrogens is 223 g/mol. The van der Waals surface area contributed by atoms with Crippen molar-refractivity contribution in [2.24, 2.45) is 0 Å². The van der Waals surface area contributed by atoms with Gasteiger partial charge in [0.15, 0.2) is 0 Å². The molecule has 0 unspecified atom stereocenters. The second-order valence-electron chi connectivity index (χ2n) is 2.98. The van der Waals surface area contributed by atoms with Gasteiger partial charge < -0.3 is 10.2 Å². The average Bonchev–Trinajstić information content (AvgIpc) is 2.20. The largest absolute Gasteiger partial charge is 0.396 e. The maximum Gasteiger partial charge on any atom is 0.0699 e. The van der Waals surface area contributed by atoms with Crippen LogP contribution >= 0.6 is 23.2 Å². The zero-order chi connectivity index (χ0) is 10.6. The van der Waals surface area contributed by atoms with E-state index in [9.17, 15) is 0 Å². The summed E-state index contributed by atoms with van der Waals surface area (Å²) < 4.78 is 0. The predicted octanol–water partition coefficient (Wildman–Crippen LogP) is 2.41. The Morgan fingerprint density at radius 3 is 2.43 bits per heavy atom. The molecule has 0 amide bonds. The highest BCUT2D eigenvalue weighted by Crippen LogP contribution is 2.29. The Bertz CT molecular complexity index is 313. The summed E-state index contributed by atoms with van der Waals surface area (Å²) in [6.07, 6.45) is 1.36. The van der Waals surface area contributed by atoms with E-state index in [2.05, 4.69) is 0 Å². The molecule has 1 aromatic rings. The lowest BCUT2D eigenvalue weighted by molar-refractivity contribution is 0.276. The summed E-state index contributed by atoms with van der Waals surface area (Å²) in [6.45, 7) is 0.00523. The molecule has 0 aliphatic rings. The van der Waals surface area contributed by atoms with Crippen molar-refractivity contribution in [1.82, 2.24) is 0 Å². The van der Waals surface area contributed by atoms with Crippen molar-refractivity contribution in [3.8, 4) is 0 Å². The topological polar surface area (TPSA) is 40.5 Å². The molecule has 14 heavy (non-hydrogen) atoms. The van der Waals surface area contributed by atoms with Crippen molar-refractivity contribution in [3.05, 3.63) is 33.3 Å². The molecule has 0 spiro atoms. The van der Waals surface area contributed by atoms with Gasteiger partial charge in [0.2, 0.25) is 0 Å². The fraction of sp³-hybridized carbons (Fsp3) is 0.400. The number of hydrogen-bond acceptors (Lipinski definition) is 2. The first-order chi connectivity index (χ1) is 6.70. The van der Waals surface area contributed by atoms with Gasteiger partial charge >= 0.3 is 0 Å². The molecule has 0 radical (unpaired) electrons. The summed E-state index contributed by atoms with van der Waals surface area (Å²) in [6, 6.07) is 3.53. The number of rotatable bonds is 4. The van der Waals surface area contributed by atoms with Crippen LogP contribution in [0.4, 0.5) is 0 Å². The van der Waals surface area contributed by atoms with E-state index in [1.807, 2.05) is 6.07 Å². The van der Waals surface area contributed by atoms with Crippen molar-refractivity contribution in [2.75, 3.05) is 6.61 Å². The van der Waals surface area contributed by atoms with Gasteiger partial charge in [0.05, 0.1) is 16.7 Å². The van der Waals surface area contributed by atoms with Crippen LogP contribution in [0.1, 0.15) is 17.5 Å². The molecule has 78 valence electrons. The molecule has 0 saturated heterocycles. The summed E-state index contributed by atoms with van der Waals surface area (Å²) in [5, 5.41) is 18.7. The minimum atomic E-state index is -0.125. The van der Waals surface area contributed by atoms with Crippen LogP contribution in [-0.4, -0.2) is 16.8 Å². The standard InChI is InChI=1S/C10H12Cl2O2/c11-9-4-3-7(2-1-5-13)8(6-14)10(9)12/h3-4,13-14H,1-2,5-6H2. The summed E-state index contributed by atoms with van der Waals surface area (Å²) in [5.41, 5.74) is 1.60. The summed E-state index contributed by atoms with van der Waals surface area (Å²) >= 11 is 11.7. The second-order valence-corrected chi connectivity index (χ2v) is 3.77. The van der Waals surface area contributed by atoms with Crippen molar-refractivity contribution >= 4 is 23.2 Å². The van der Waals surface area contributed by atoms with Gasteiger partial charge in [0.25, 0.3) is 0 Å². The maximum absolute atomic E-state index is 9.12. The molecule has 0 heterocycles. The number of hydrogen-bond donors (Lipinski definition) is 2. The van der Waals surface area contributed by atoms with Crippen molar-refractivity contribution in [1.29, 1.82) is 0 Å². The van der Waals surface area contributed by atoms with Crippen LogP contribution in [0.2, 0.25) is 10.0 Å². The molecule has 1 aromatic carbocycles. The van der Waals surface area contributed by atoms with Gasteiger partial charge in [-0.15, -0.1) is 0 Å². The third-order valence-corrected chi connectivity index (χ3v) is 2.90. The SMILES string of the molecule is OCCCc1ccc(Cl)c(Cl)c1CO. The third kappa shape index (κ3) is 2.61. The van der Waals surface area contributed by atoms with Crippen LogP contribution in [0.15, 0.2) is 12.1 Å². The molecular formula is C10H12Cl2O2. The van der Waals surface area contributed by atoms with Gasteiger partial charge in [-0.3, -0.25) is 0 Å². The van der Waals surface area contributed by atoms with Crippen LogP contribution in [0.3, 0.4) is 0 Å². The second kappa shape index (κ2) is 5.56. The van der Waals surface area contributed by atoms with Crippen molar-refractivity contribution in [2.45, 2.75) is 19.4 Å². The van der Waals surface area contributed by atoms with E-state index in [4.69, 9.17) is 33.4 Å². The predicted molar refractivity (Wildman–Crippen MR) is 57.8 cm³/mol. The van der Waals surface area contributed by atoms with Gasteiger partial charge in [-0.05, 0) is 24.5 Å². The lowest BCUT2D eigenvalue weighted by Gasteiger charge is -2.09. The Kier molecular flexibility index (Phi) is 4.69. The molecule has 0 atom stereocenters. The summed E-state index contributed by atoms with van der Waals surface area (Å²) in [7, 11) is 0. The summed E-state index contributed by atoms with van der Waals surface area (Å²) in [5.74, 6) is 0. The lowest BCUT2D eigenvalue weighted by Crippen LogP contribution is -1.97. The van der Waals surface area contributed by atoms with E-state index in [0.717, 1.165) is 5.56 Å². The number of benzene rings is 1. The fourth-order valence-corrected chi connectivity index (χ4v) is 1.73. The zero-order valence-corrected chi connectivity index (χ0v) is 9.15. The van der Waals surface area contributed by atoms with Gasteiger partial charge in [-0.25, -0.2) is 0 Å².